The second-order valence-corrected chi connectivity index (χ2v) is 5.25. The zero-order valence-electron chi connectivity index (χ0n) is 12.5. The van der Waals surface area contributed by atoms with Gasteiger partial charge in [-0.1, -0.05) is 30.3 Å². The van der Waals surface area contributed by atoms with Crippen LogP contribution in [0.4, 0.5) is 4.79 Å². The van der Waals surface area contributed by atoms with Crippen molar-refractivity contribution in [2.24, 2.45) is 0 Å². The summed E-state index contributed by atoms with van der Waals surface area (Å²) in [5.74, 6) is 0.248. The van der Waals surface area contributed by atoms with E-state index in [1.54, 1.807) is 31.4 Å². The summed E-state index contributed by atoms with van der Waals surface area (Å²) in [6.07, 6.45) is 4.48. The summed E-state index contributed by atoms with van der Waals surface area (Å²) < 4.78 is 0. The number of nitrogens with zero attached hydrogens (tertiary/aromatic N) is 2. The van der Waals surface area contributed by atoms with Crippen LogP contribution in [0.25, 0.3) is 0 Å². The van der Waals surface area contributed by atoms with E-state index >= 15 is 0 Å². The smallest absolute Gasteiger partial charge is 0.316 e. The molecule has 0 saturated heterocycles. The van der Waals surface area contributed by atoms with Crippen molar-refractivity contribution in [2.75, 3.05) is 20.6 Å². The summed E-state index contributed by atoms with van der Waals surface area (Å²) in [7, 11) is 3.49. The normalized spacial score (nSPS) is 11.7. The zero-order valence-corrected chi connectivity index (χ0v) is 12.5. The summed E-state index contributed by atoms with van der Waals surface area (Å²) in [4.78, 5) is 17.3. The Morgan fingerprint density at radius 1 is 1.14 bits per heavy atom. The van der Waals surface area contributed by atoms with Crippen LogP contribution < -0.4 is 5.32 Å². The van der Waals surface area contributed by atoms with Gasteiger partial charge in [0.2, 0.25) is 0 Å². The van der Waals surface area contributed by atoms with Crippen LogP contribution in [-0.4, -0.2) is 36.6 Å². The lowest BCUT2D eigenvalue weighted by molar-refractivity contribution is 0.216. The second-order valence-electron chi connectivity index (χ2n) is 5.25. The quantitative estimate of drug-likeness (QED) is 0.917. The van der Waals surface area contributed by atoms with E-state index < -0.39 is 0 Å². The number of rotatable bonds is 5. The van der Waals surface area contributed by atoms with Crippen molar-refractivity contribution >= 4 is 6.03 Å². The lowest BCUT2D eigenvalue weighted by atomic mass is 9.92. The standard InChI is InChI=1S/C17H21N3O/c1-20(2)17(21)19-13-16(15-6-4-3-5-7-15)12-14-8-10-18-11-9-14/h3-11,16H,12-13H2,1-2H3,(H,19,21). The van der Waals surface area contributed by atoms with Gasteiger partial charge in [-0.05, 0) is 29.7 Å². The largest absolute Gasteiger partial charge is 0.337 e. The maximum atomic E-state index is 11.7. The topological polar surface area (TPSA) is 45.2 Å². The van der Waals surface area contributed by atoms with Gasteiger partial charge >= 0.3 is 6.03 Å². The number of benzene rings is 1. The Bertz CT molecular complexity index is 555. The minimum absolute atomic E-state index is 0.0642. The molecule has 0 spiro atoms. The lowest BCUT2D eigenvalue weighted by Gasteiger charge is -2.20. The minimum Gasteiger partial charge on any atom is -0.337 e. The van der Waals surface area contributed by atoms with Crippen LogP contribution in [0.15, 0.2) is 54.9 Å². The van der Waals surface area contributed by atoms with Crippen molar-refractivity contribution in [1.82, 2.24) is 15.2 Å². The van der Waals surface area contributed by atoms with Crippen molar-refractivity contribution in [3.63, 3.8) is 0 Å². The van der Waals surface area contributed by atoms with Crippen molar-refractivity contribution in [2.45, 2.75) is 12.3 Å². The van der Waals surface area contributed by atoms with Gasteiger partial charge in [-0.15, -0.1) is 0 Å². The van der Waals surface area contributed by atoms with Gasteiger partial charge in [0, 0.05) is 39.0 Å². The first-order valence-corrected chi connectivity index (χ1v) is 7.06. The van der Waals surface area contributed by atoms with E-state index in [-0.39, 0.29) is 11.9 Å². The van der Waals surface area contributed by atoms with Gasteiger partial charge in [0.1, 0.15) is 0 Å². The van der Waals surface area contributed by atoms with Crippen LogP contribution in [0, 0.1) is 0 Å². The third-order valence-electron chi connectivity index (χ3n) is 3.41. The molecular weight excluding hydrogens is 262 g/mol. The summed E-state index contributed by atoms with van der Waals surface area (Å²) in [6, 6.07) is 14.2. The van der Waals surface area contributed by atoms with E-state index in [2.05, 4.69) is 22.4 Å². The molecule has 0 radical (unpaired) electrons. The Kier molecular flexibility index (Phi) is 5.32. The number of hydrogen-bond donors (Lipinski definition) is 1. The van der Waals surface area contributed by atoms with Crippen molar-refractivity contribution in [3.05, 3.63) is 66.0 Å². The first kappa shape index (κ1) is 15.0. The highest BCUT2D eigenvalue weighted by molar-refractivity contribution is 5.73. The number of aromatic nitrogens is 1. The Balaban J connectivity index is 2.09. The third kappa shape index (κ3) is 4.60. The van der Waals surface area contributed by atoms with E-state index in [4.69, 9.17) is 0 Å². The summed E-state index contributed by atoms with van der Waals surface area (Å²) in [6.45, 7) is 0.614. The highest BCUT2D eigenvalue weighted by Crippen LogP contribution is 2.20. The molecule has 1 unspecified atom stereocenters. The fourth-order valence-corrected chi connectivity index (χ4v) is 2.21. The van der Waals surface area contributed by atoms with Gasteiger partial charge in [-0.3, -0.25) is 4.98 Å². The second kappa shape index (κ2) is 7.43. The molecule has 1 aromatic carbocycles. The molecule has 4 nitrogen and oxygen atoms in total. The molecular formula is C17H21N3O. The highest BCUT2D eigenvalue weighted by atomic mass is 16.2. The lowest BCUT2D eigenvalue weighted by Crippen LogP contribution is -2.37. The molecule has 0 aliphatic carbocycles. The molecule has 1 heterocycles. The van der Waals surface area contributed by atoms with Crippen LogP contribution in [0.5, 0.6) is 0 Å². The van der Waals surface area contributed by atoms with Gasteiger partial charge in [-0.25, -0.2) is 4.79 Å². The number of urea groups is 1. The average Bonchev–Trinajstić information content (AvgIpc) is 2.52. The van der Waals surface area contributed by atoms with Crippen LogP contribution in [0.3, 0.4) is 0 Å². The number of amides is 2. The Morgan fingerprint density at radius 3 is 2.43 bits per heavy atom. The van der Waals surface area contributed by atoms with Crippen molar-refractivity contribution in [1.29, 1.82) is 0 Å². The number of pyridine rings is 1. The molecule has 1 atom stereocenters. The van der Waals surface area contributed by atoms with Crippen LogP contribution in [0.1, 0.15) is 17.0 Å². The molecule has 1 N–H and O–H groups in total. The molecule has 1 aromatic heterocycles. The van der Waals surface area contributed by atoms with Crippen LogP contribution in [0.2, 0.25) is 0 Å². The maximum Gasteiger partial charge on any atom is 0.316 e. The molecule has 0 saturated carbocycles. The van der Waals surface area contributed by atoms with Crippen LogP contribution in [-0.2, 0) is 6.42 Å². The zero-order chi connectivity index (χ0) is 15.1. The molecule has 21 heavy (non-hydrogen) atoms. The number of hydrogen-bond acceptors (Lipinski definition) is 2. The molecule has 0 aliphatic rings. The van der Waals surface area contributed by atoms with Gasteiger partial charge in [0.15, 0.2) is 0 Å². The molecule has 2 amide bonds. The Labute approximate surface area is 125 Å². The molecule has 4 heteroatoms. The van der Waals surface area contributed by atoms with E-state index in [1.807, 2.05) is 30.3 Å². The fraction of sp³-hybridized carbons (Fsp3) is 0.294. The van der Waals surface area contributed by atoms with E-state index in [0.717, 1.165) is 6.42 Å². The number of carbonyl (C=O) groups excluding carboxylic acids is 1. The number of carbonyl (C=O) groups is 1. The van der Waals surface area contributed by atoms with Gasteiger partial charge < -0.3 is 10.2 Å². The first-order chi connectivity index (χ1) is 10.2. The van der Waals surface area contributed by atoms with Crippen LogP contribution >= 0.6 is 0 Å². The van der Waals surface area contributed by atoms with Gasteiger partial charge in [0.25, 0.3) is 0 Å². The number of nitrogens with one attached hydrogen (secondary N) is 1. The summed E-state index contributed by atoms with van der Waals surface area (Å²) in [5.41, 5.74) is 2.45. The Hall–Kier alpha value is -2.36. The monoisotopic (exact) mass is 283 g/mol. The van der Waals surface area contributed by atoms with E-state index in [0.29, 0.717) is 6.54 Å². The predicted octanol–water partition coefficient (Wildman–Crippen LogP) is 2.68. The molecule has 0 fully saturated rings. The van der Waals surface area contributed by atoms with E-state index in [1.165, 1.54) is 11.1 Å². The fourth-order valence-electron chi connectivity index (χ4n) is 2.21. The Morgan fingerprint density at radius 2 is 1.81 bits per heavy atom. The summed E-state index contributed by atoms with van der Waals surface area (Å²) >= 11 is 0. The van der Waals surface area contributed by atoms with Gasteiger partial charge in [0.05, 0.1) is 0 Å². The average molecular weight is 283 g/mol. The van der Waals surface area contributed by atoms with Crippen molar-refractivity contribution in [3.8, 4) is 0 Å². The highest BCUT2D eigenvalue weighted by Gasteiger charge is 2.14. The predicted molar refractivity (Wildman–Crippen MR) is 84.2 cm³/mol. The SMILES string of the molecule is CN(C)C(=O)NCC(Cc1ccncc1)c1ccccc1. The first-order valence-electron chi connectivity index (χ1n) is 7.06. The summed E-state index contributed by atoms with van der Waals surface area (Å²) in [5, 5.41) is 2.97. The minimum atomic E-state index is -0.0642. The molecule has 0 bridgehead atoms. The molecule has 2 aromatic rings. The molecule has 2 rings (SSSR count). The van der Waals surface area contributed by atoms with Crippen molar-refractivity contribution < 1.29 is 4.79 Å². The molecule has 0 aliphatic heterocycles. The maximum absolute atomic E-state index is 11.7. The third-order valence-corrected chi connectivity index (χ3v) is 3.41. The van der Waals surface area contributed by atoms with E-state index in [9.17, 15) is 4.79 Å². The molecule has 110 valence electrons. The van der Waals surface area contributed by atoms with Gasteiger partial charge in [-0.2, -0.15) is 0 Å².